The predicted octanol–water partition coefficient (Wildman–Crippen LogP) is -0.560. The van der Waals surface area contributed by atoms with Crippen molar-refractivity contribution in [3.05, 3.63) is 35.4 Å². The number of carbonyl (C=O) groups excluding carboxylic acids is 2. The first-order valence-electron chi connectivity index (χ1n) is 5.95. The van der Waals surface area contributed by atoms with Crippen LogP contribution in [0.25, 0.3) is 0 Å². The van der Waals surface area contributed by atoms with Gasteiger partial charge in [-0.15, -0.1) is 0 Å². The molecule has 0 fully saturated rings. The summed E-state index contributed by atoms with van der Waals surface area (Å²) in [7, 11) is 0. The van der Waals surface area contributed by atoms with E-state index >= 15 is 0 Å². The van der Waals surface area contributed by atoms with E-state index in [1.54, 1.807) is 24.3 Å². The molecule has 6 N–H and O–H groups in total. The van der Waals surface area contributed by atoms with Crippen molar-refractivity contribution in [3.8, 4) is 0 Å². The summed E-state index contributed by atoms with van der Waals surface area (Å²) in [4.78, 5) is 33.5. The summed E-state index contributed by atoms with van der Waals surface area (Å²) in [5.74, 6) is -2.84. The van der Waals surface area contributed by atoms with Crippen molar-refractivity contribution < 1.29 is 19.5 Å². The largest absolute Gasteiger partial charge is 0.480 e. The van der Waals surface area contributed by atoms with E-state index in [2.05, 4.69) is 5.32 Å². The van der Waals surface area contributed by atoms with E-state index in [1.165, 1.54) is 0 Å². The number of benzene rings is 1. The van der Waals surface area contributed by atoms with E-state index in [1.807, 2.05) is 6.92 Å². The van der Waals surface area contributed by atoms with E-state index in [-0.39, 0.29) is 0 Å². The molecule has 2 unspecified atom stereocenters. The summed E-state index contributed by atoms with van der Waals surface area (Å²) >= 11 is 0. The van der Waals surface area contributed by atoms with Gasteiger partial charge in [-0.3, -0.25) is 9.59 Å². The van der Waals surface area contributed by atoms with Crippen LogP contribution in [0.1, 0.15) is 23.6 Å². The van der Waals surface area contributed by atoms with Crippen molar-refractivity contribution in [2.24, 2.45) is 11.5 Å². The third-order valence-corrected chi connectivity index (χ3v) is 2.74. The van der Waals surface area contributed by atoms with Gasteiger partial charge in [-0.1, -0.05) is 29.8 Å². The lowest BCUT2D eigenvalue weighted by molar-refractivity contribution is -0.143. The molecule has 7 nitrogen and oxygen atoms in total. The first-order valence-corrected chi connectivity index (χ1v) is 5.95. The molecular formula is C13H17N3O4. The van der Waals surface area contributed by atoms with Crippen LogP contribution in [0.4, 0.5) is 0 Å². The molecule has 7 heteroatoms. The summed E-state index contributed by atoms with van der Waals surface area (Å²) in [6, 6.07) is 4.57. The van der Waals surface area contributed by atoms with Crippen molar-refractivity contribution in [1.82, 2.24) is 5.32 Å². The van der Waals surface area contributed by atoms with Crippen molar-refractivity contribution in [2.75, 3.05) is 0 Å². The number of aliphatic carboxylic acids is 1. The Labute approximate surface area is 115 Å². The highest BCUT2D eigenvalue weighted by Gasteiger charge is 2.25. The standard InChI is InChI=1S/C13H17N3O4/c1-7-2-4-8(5-3-7)11(15)12(18)16-9(13(19)20)6-10(14)17/h2-5,9,11H,6,15H2,1H3,(H2,14,17)(H,16,18)(H,19,20). The van der Waals surface area contributed by atoms with Crippen LogP contribution in [0.15, 0.2) is 24.3 Å². The molecule has 0 spiro atoms. The van der Waals surface area contributed by atoms with Gasteiger partial charge >= 0.3 is 5.97 Å². The fourth-order valence-electron chi connectivity index (χ4n) is 1.59. The third-order valence-electron chi connectivity index (χ3n) is 2.74. The second-order valence-electron chi connectivity index (χ2n) is 4.46. The summed E-state index contributed by atoms with van der Waals surface area (Å²) in [6.07, 6.45) is -0.484. The number of nitrogens with one attached hydrogen (secondary N) is 1. The van der Waals surface area contributed by atoms with E-state index in [0.29, 0.717) is 5.56 Å². The van der Waals surface area contributed by atoms with Crippen LogP contribution in [0, 0.1) is 6.92 Å². The van der Waals surface area contributed by atoms with Crippen LogP contribution in [0.5, 0.6) is 0 Å². The first kappa shape index (κ1) is 15.6. The van der Waals surface area contributed by atoms with E-state index < -0.39 is 36.3 Å². The van der Waals surface area contributed by atoms with Crippen molar-refractivity contribution >= 4 is 17.8 Å². The molecule has 20 heavy (non-hydrogen) atoms. The van der Waals surface area contributed by atoms with Gasteiger partial charge in [-0.2, -0.15) is 0 Å². The molecule has 1 aromatic carbocycles. The molecule has 2 atom stereocenters. The average Bonchev–Trinajstić information content (AvgIpc) is 2.37. The molecule has 0 heterocycles. The van der Waals surface area contributed by atoms with E-state index in [0.717, 1.165) is 5.56 Å². The van der Waals surface area contributed by atoms with Crippen LogP contribution in [-0.2, 0) is 14.4 Å². The number of rotatable bonds is 6. The Balaban J connectivity index is 2.75. The molecular weight excluding hydrogens is 262 g/mol. The zero-order valence-corrected chi connectivity index (χ0v) is 11.0. The van der Waals surface area contributed by atoms with E-state index in [4.69, 9.17) is 16.6 Å². The quantitative estimate of drug-likeness (QED) is 0.553. The van der Waals surface area contributed by atoms with Crippen LogP contribution < -0.4 is 16.8 Å². The number of carboxylic acid groups (broad SMARTS) is 1. The van der Waals surface area contributed by atoms with Crippen LogP contribution in [0.3, 0.4) is 0 Å². The molecule has 0 aliphatic heterocycles. The average molecular weight is 279 g/mol. The Morgan fingerprint density at radius 1 is 1.25 bits per heavy atom. The number of aryl methyl sites for hydroxylation is 1. The number of hydrogen-bond donors (Lipinski definition) is 4. The molecule has 0 aliphatic carbocycles. The summed E-state index contributed by atoms with van der Waals surface area (Å²) in [5.41, 5.74) is 12.2. The van der Waals surface area contributed by atoms with Gasteiger partial charge in [0.25, 0.3) is 0 Å². The van der Waals surface area contributed by atoms with Gasteiger partial charge in [0.1, 0.15) is 12.1 Å². The monoisotopic (exact) mass is 279 g/mol. The van der Waals surface area contributed by atoms with Gasteiger partial charge in [-0.25, -0.2) is 4.79 Å². The molecule has 0 aromatic heterocycles. The van der Waals surface area contributed by atoms with Crippen LogP contribution in [-0.4, -0.2) is 28.9 Å². The molecule has 0 saturated heterocycles. The minimum atomic E-state index is -1.38. The lowest BCUT2D eigenvalue weighted by Gasteiger charge is -2.17. The zero-order chi connectivity index (χ0) is 15.3. The number of amides is 2. The molecule has 0 bridgehead atoms. The highest BCUT2D eigenvalue weighted by atomic mass is 16.4. The van der Waals surface area contributed by atoms with Crippen molar-refractivity contribution in [3.63, 3.8) is 0 Å². The SMILES string of the molecule is Cc1ccc(C(N)C(=O)NC(CC(N)=O)C(=O)O)cc1. The van der Waals surface area contributed by atoms with Crippen molar-refractivity contribution in [1.29, 1.82) is 0 Å². The first-order chi connectivity index (χ1) is 9.31. The molecule has 2 amide bonds. The molecule has 108 valence electrons. The van der Waals surface area contributed by atoms with Gasteiger partial charge in [0, 0.05) is 0 Å². The maximum atomic E-state index is 11.9. The highest BCUT2D eigenvalue weighted by molar-refractivity contribution is 5.90. The molecule has 0 saturated carbocycles. The van der Waals surface area contributed by atoms with Crippen molar-refractivity contribution in [2.45, 2.75) is 25.4 Å². The smallest absolute Gasteiger partial charge is 0.326 e. The van der Waals surface area contributed by atoms with Gasteiger partial charge in [0.2, 0.25) is 11.8 Å². The normalized spacial score (nSPS) is 13.3. The molecule has 0 aliphatic rings. The zero-order valence-electron chi connectivity index (χ0n) is 11.0. The maximum absolute atomic E-state index is 11.9. The second-order valence-corrected chi connectivity index (χ2v) is 4.46. The second kappa shape index (κ2) is 6.67. The van der Waals surface area contributed by atoms with Gasteiger partial charge in [-0.05, 0) is 12.5 Å². The summed E-state index contributed by atoms with van der Waals surface area (Å²) < 4.78 is 0. The van der Waals surface area contributed by atoms with Gasteiger partial charge < -0.3 is 21.9 Å². The van der Waals surface area contributed by atoms with Crippen LogP contribution in [0.2, 0.25) is 0 Å². The highest BCUT2D eigenvalue weighted by Crippen LogP contribution is 2.12. The fraction of sp³-hybridized carbons (Fsp3) is 0.308. The number of nitrogens with two attached hydrogens (primary N) is 2. The lowest BCUT2D eigenvalue weighted by atomic mass is 10.0. The number of primary amides is 1. The predicted molar refractivity (Wildman–Crippen MR) is 71.5 cm³/mol. The maximum Gasteiger partial charge on any atom is 0.326 e. The minimum Gasteiger partial charge on any atom is -0.480 e. The minimum absolute atomic E-state index is 0.484. The third kappa shape index (κ3) is 4.36. The Hall–Kier alpha value is -2.41. The molecule has 0 radical (unpaired) electrons. The lowest BCUT2D eigenvalue weighted by Crippen LogP contribution is -2.46. The Morgan fingerprint density at radius 3 is 2.25 bits per heavy atom. The van der Waals surface area contributed by atoms with Crippen LogP contribution >= 0.6 is 0 Å². The topological polar surface area (TPSA) is 136 Å². The fourth-order valence-corrected chi connectivity index (χ4v) is 1.59. The molecule has 1 aromatic rings. The Bertz CT molecular complexity index is 513. The number of carbonyl (C=O) groups is 3. The molecule has 1 rings (SSSR count). The van der Waals surface area contributed by atoms with Gasteiger partial charge in [0.15, 0.2) is 0 Å². The Kier molecular flexibility index (Phi) is 5.22. The van der Waals surface area contributed by atoms with Gasteiger partial charge in [0.05, 0.1) is 6.42 Å². The number of carboxylic acids is 1. The summed E-state index contributed by atoms with van der Waals surface area (Å²) in [5, 5.41) is 11.1. The Morgan fingerprint density at radius 2 is 1.80 bits per heavy atom. The number of hydrogen-bond acceptors (Lipinski definition) is 4. The summed E-state index contributed by atoms with van der Waals surface area (Å²) in [6.45, 7) is 1.89. The van der Waals surface area contributed by atoms with E-state index in [9.17, 15) is 14.4 Å².